The Kier molecular flexibility index (Phi) is 2.14. The van der Waals surface area contributed by atoms with Crippen molar-refractivity contribution >= 4 is 0 Å². The van der Waals surface area contributed by atoms with E-state index in [1.807, 2.05) is 12.1 Å². The van der Waals surface area contributed by atoms with Gasteiger partial charge in [0, 0.05) is 0 Å². The molecule has 0 heterocycles. The van der Waals surface area contributed by atoms with Crippen LogP contribution in [0.15, 0.2) is 12.1 Å². The Hall–Kier alpha value is -0.980. The van der Waals surface area contributed by atoms with Gasteiger partial charge in [0.2, 0.25) is 0 Å². The summed E-state index contributed by atoms with van der Waals surface area (Å²) in [4.78, 5) is 0. The van der Waals surface area contributed by atoms with Crippen LogP contribution in [0.1, 0.15) is 63.1 Å². The summed E-state index contributed by atoms with van der Waals surface area (Å²) in [5.74, 6) is 0.449. The van der Waals surface area contributed by atoms with Crippen LogP contribution in [-0.4, -0.2) is 5.11 Å². The highest BCUT2D eigenvalue weighted by Gasteiger charge is 2.46. The molecule has 1 N–H and O–H groups in total. The average Bonchev–Trinajstić information content (AvgIpc) is 2.53. The largest absolute Gasteiger partial charge is 0.508 e. The molecule has 1 heteroatoms. The summed E-state index contributed by atoms with van der Waals surface area (Å²) in [6, 6.07) is 4.00. The molecule has 0 unspecified atom stereocenters. The summed E-state index contributed by atoms with van der Waals surface area (Å²) in [5.41, 5.74) is 5.00. The zero-order valence-electron chi connectivity index (χ0n) is 11.1. The van der Waals surface area contributed by atoms with E-state index >= 15 is 0 Å². The average molecular weight is 230 g/mol. The van der Waals surface area contributed by atoms with E-state index in [1.54, 1.807) is 5.56 Å². The van der Waals surface area contributed by atoms with Gasteiger partial charge < -0.3 is 5.11 Å². The molecule has 0 aliphatic heterocycles. The van der Waals surface area contributed by atoms with Crippen LogP contribution < -0.4 is 0 Å². The summed E-state index contributed by atoms with van der Waals surface area (Å²) < 4.78 is 0. The number of phenolic OH excluding ortho intramolecular Hbond substituents is 1. The van der Waals surface area contributed by atoms with Crippen molar-refractivity contribution < 1.29 is 5.11 Å². The lowest BCUT2D eigenvalue weighted by Crippen LogP contribution is -2.34. The molecule has 0 atom stereocenters. The van der Waals surface area contributed by atoms with E-state index in [-0.39, 0.29) is 5.41 Å². The SMILES string of the molecule is CC(C)(C)c1cc(O)cc2c1C1(CCC1)CC2. The predicted molar refractivity (Wildman–Crippen MR) is 70.7 cm³/mol. The summed E-state index contributed by atoms with van der Waals surface area (Å²) in [6.07, 6.45) is 6.55. The van der Waals surface area contributed by atoms with Gasteiger partial charge in [-0.1, -0.05) is 27.2 Å². The van der Waals surface area contributed by atoms with Crippen LogP contribution in [0.25, 0.3) is 0 Å². The lowest BCUT2D eigenvalue weighted by molar-refractivity contribution is 0.240. The molecule has 1 nitrogen and oxygen atoms in total. The van der Waals surface area contributed by atoms with Gasteiger partial charge >= 0.3 is 0 Å². The molecule has 0 radical (unpaired) electrons. The van der Waals surface area contributed by atoms with Crippen LogP contribution in [0, 0.1) is 0 Å². The lowest BCUT2D eigenvalue weighted by atomic mass is 9.62. The molecule has 0 aromatic heterocycles. The number of benzene rings is 1. The predicted octanol–water partition coefficient (Wildman–Crippen LogP) is 4.06. The van der Waals surface area contributed by atoms with E-state index in [0.29, 0.717) is 11.2 Å². The fourth-order valence-electron chi connectivity index (χ4n) is 3.70. The minimum atomic E-state index is 0.135. The Morgan fingerprint density at radius 3 is 2.35 bits per heavy atom. The molecule has 0 bridgehead atoms. The van der Waals surface area contributed by atoms with Gasteiger partial charge in [0.1, 0.15) is 5.75 Å². The normalized spacial score (nSPS) is 21.4. The van der Waals surface area contributed by atoms with Gasteiger partial charge in [-0.3, -0.25) is 0 Å². The highest BCUT2D eigenvalue weighted by atomic mass is 16.3. The van der Waals surface area contributed by atoms with Gasteiger partial charge in [-0.15, -0.1) is 0 Å². The fraction of sp³-hybridized carbons (Fsp3) is 0.625. The molecule has 1 saturated carbocycles. The van der Waals surface area contributed by atoms with E-state index < -0.39 is 0 Å². The number of phenols is 1. The van der Waals surface area contributed by atoms with Crippen molar-refractivity contribution in [1.29, 1.82) is 0 Å². The van der Waals surface area contributed by atoms with E-state index in [2.05, 4.69) is 20.8 Å². The molecule has 1 spiro atoms. The zero-order chi connectivity index (χ0) is 12.3. The second-order valence-corrected chi connectivity index (χ2v) is 6.91. The molecule has 3 rings (SSSR count). The van der Waals surface area contributed by atoms with Gasteiger partial charge in [0.05, 0.1) is 0 Å². The maximum absolute atomic E-state index is 9.90. The number of aryl methyl sites for hydroxylation is 1. The summed E-state index contributed by atoms with van der Waals surface area (Å²) >= 11 is 0. The van der Waals surface area contributed by atoms with E-state index in [4.69, 9.17) is 0 Å². The first-order chi connectivity index (χ1) is 7.92. The summed E-state index contributed by atoms with van der Waals surface area (Å²) in [7, 11) is 0. The fourth-order valence-corrected chi connectivity index (χ4v) is 3.70. The smallest absolute Gasteiger partial charge is 0.116 e. The minimum absolute atomic E-state index is 0.135. The maximum Gasteiger partial charge on any atom is 0.116 e. The van der Waals surface area contributed by atoms with Crippen LogP contribution in [-0.2, 0) is 17.3 Å². The van der Waals surface area contributed by atoms with Crippen LogP contribution in [0.2, 0.25) is 0 Å². The Morgan fingerprint density at radius 2 is 1.82 bits per heavy atom. The first kappa shape index (κ1) is 11.1. The van der Waals surface area contributed by atoms with Crippen molar-refractivity contribution in [2.45, 2.75) is 63.7 Å². The highest BCUT2D eigenvalue weighted by molar-refractivity contribution is 5.52. The molecule has 2 aliphatic carbocycles. The first-order valence-corrected chi connectivity index (χ1v) is 6.79. The monoisotopic (exact) mass is 230 g/mol. The number of fused-ring (bicyclic) bond motifs is 2. The molecule has 1 aromatic carbocycles. The Morgan fingerprint density at radius 1 is 1.12 bits per heavy atom. The number of rotatable bonds is 0. The van der Waals surface area contributed by atoms with Crippen molar-refractivity contribution in [3.8, 4) is 5.75 Å². The van der Waals surface area contributed by atoms with Crippen LogP contribution in [0.5, 0.6) is 5.75 Å². The molecule has 1 aromatic rings. The molecule has 0 amide bonds. The van der Waals surface area contributed by atoms with Crippen molar-refractivity contribution in [1.82, 2.24) is 0 Å². The first-order valence-electron chi connectivity index (χ1n) is 6.79. The van der Waals surface area contributed by atoms with Crippen molar-refractivity contribution in [2.24, 2.45) is 0 Å². The Bertz CT molecular complexity index is 461. The van der Waals surface area contributed by atoms with E-state index in [0.717, 1.165) is 6.42 Å². The molecule has 2 aliphatic rings. The second-order valence-electron chi connectivity index (χ2n) is 6.91. The quantitative estimate of drug-likeness (QED) is 0.712. The Balaban J connectivity index is 2.22. The van der Waals surface area contributed by atoms with Crippen molar-refractivity contribution in [3.63, 3.8) is 0 Å². The van der Waals surface area contributed by atoms with Crippen LogP contribution in [0.4, 0.5) is 0 Å². The summed E-state index contributed by atoms with van der Waals surface area (Å²) in [5, 5.41) is 9.90. The van der Waals surface area contributed by atoms with E-state index in [9.17, 15) is 5.11 Å². The van der Waals surface area contributed by atoms with Crippen molar-refractivity contribution in [3.05, 3.63) is 28.8 Å². The highest BCUT2D eigenvalue weighted by Crippen LogP contribution is 2.55. The topological polar surface area (TPSA) is 20.2 Å². The third kappa shape index (κ3) is 1.51. The van der Waals surface area contributed by atoms with Gasteiger partial charge in [-0.05, 0) is 65.3 Å². The third-order valence-corrected chi connectivity index (χ3v) is 4.73. The second kappa shape index (κ2) is 3.28. The zero-order valence-corrected chi connectivity index (χ0v) is 11.1. The molecule has 17 heavy (non-hydrogen) atoms. The van der Waals surface area contributed by atoms with Gasteiger partial charge in [-0.25, -0.2) is 0 Å². The number of aromatic hydroxyl groups is 1. The molecular formula is C16H22O. The minimum Gasteiger partial charge on any atom is -0.508 e. The Labute approximate surface area is 104 Å². The third-order valence-electron chi connectivity index (χ3n) is 4.73. The van der Waals surface area contributed by atoms with E-state index in [1.165, 1.54) is 36.8 Å². The molecular weight excluding hydrogens is 208 g/mol. The lowest BCUT2D eigenvalue weighted by Gasteiger charge is -2.42. The molecule has 1 fully saturated rings. The van der Waals surface area contributed by atoms with Gasteiger partial charge in [0.25, 0.3) is 0 Å². The molecule has 92 valence electrons. The number of hydrogen-bond acceptors (Lipinski definition) is 1. The van der Waals surface area contributed by atoms with Crippen LogP contribution in [0.3, 0.4) is 0 Å². The van der Waals surface area contributed by atoms with Crippen LogP contribution >= 0.6 is 0 Å². The van der Waals surface area contributed by atoms with Gasteiger partial charge in [-0.2, -0.15) is 0 Å². The standard InChI is InChI=1S/C16H22O/c1-15(2,3)13-10-12(17)9-11-5-8-16(14(11)13)6-4-7-16/h9-10,17H,4-8H2,1-3H3. The maximum atomic E-state index is 9.90. The molecule has 0 saturated heterocycles. The number of hydrogen-bond donors (Lipinski definition) is 1. The van der Waals surface area contributed by atoms with Crippen molar-refractivity contribution in [2.75, 3.05) is 0 Å². The van der Waals surface area contributed by atoms with Gasteiger partial charge in [0.15, 0.2) is 0 Å². The summed E-state index contributed by atoms with van der Waals surface area (Å²) in [6.45, 7) is 6.77.